The minimum atomic E-state index is -0.134. The zero-order valence-corrected chi connectivity index (χ0v) is 25.3. The molecular weight excluding hydrogens is 568 g/mol. The molecule has 45 heavy (non-hydrogen) atoms. The van der Waals surface area contributed by atoms with Gasteiger partial charge in [0, 0.05) is 67.0 Å². The van der Waals surface area contributed by atoms with Gasteiger partial charge in [0.25, 0.3) is 11.8 Å². The largest absolute Gasteiger partial charge is 0.494 e. The number of imidazole rings is 1. The second-order valence-electron chi connectivity index (χ2n) is 13.1. The van der Waals surface area contributed by atoms with Gasteiger partial charge in [-0.25, -0.2) is 9.97 Å². The first-order valence-electron chi connectivity index (χ1n) is 15.8. The van der Waals surface area contributed by atoms with Crippen LogP contribution in [0.15, 0.2) is 42.6 Å². The summed E-state index contributed by atoms with van der Waals surface area (Å²) in [5.74, 6) is 2.25. The van der Waals surface area contributed by atoms with Crippen LogP contribution >= 0.6 is 0 Å². The number of carbonyl (C=O) groups is 2. The van der Waals surface area contributed by atoms with Crippen molar-refractivity contribution in [2.45, 2.75) is 50.9 Å². The van der Waals surface area contributed by atoms with Crippen molar-refractivity contribution in [1.29, 1.82) is 0 Å². The normalized spacial score (nSPS) is 22.1. The zero-order chi connectivity index (χ0) is 30.6. The lowest BCUT2D eigenvalue weighted by Gasteiger charge is -2.27. The van der Waals surface area contributed by atoms with E-state index in [1.54, 1.807) is 13.3 Å². The molecule has 1 aromatic carbocycles. The summed E-state index contributed by atoms with van der Waals surface area (Å²) in [5, 5.41) is 3.86. The van der Waals surface area contributed by atoms with Gasteiger partial charge in [0.15, 0.2) is 5.82 Å². The fraction of sp³-hybridized carbons (Fsp3) is 0.382. The van der Waals surface area contributed by atoms with Crippen LogP contribution in [0.1, 0.15) is 52.1 Å². The van der Waals surface area contributed by atoms with Crippen molar-refractivity contribution in [3.8, 4) is 28.5 Å². The molecule has 1 saturated heterocycles. The van der Waals surface area contributed by atoms with Crippen molar-refractivity contribution in [3.05, 3.63) is 59.4 Å². The highest BCUT2D eigenvalue weighted by Gasteiger charge is 2.47. The lowest BCUT2D eigenvalue weighted by atomic mass is 10.1. The standard InChI is InChI=1S/C34H34N8O3/c1-40-30-24(10-20(12-27(30)45-2)34(44)42-16-19-6-8-25(42)28(19)35)39-32(40)26-11-18-5-7-23(38-31(18)41(26)15-17-3-4-17)21-9-22-14-37-33(43)29(22)36-13-21/h5,7,9-13,17,19,25,28H,3-4,6,8,14-16,35H2,1-2H3,(H,37,43)/t19?,25?,28-/m1/s1. The van der Waals surface area contributed by atoms with E-state index in [-0.39, 0.29) is 23.9 Å². The molecule has 4 aromatic heterocycles. The number of benzene rings is 1. The van der Waals surface area contributed by atoms with Crippen LogP contribution in [0.3, 0.4) is 0 Å². The van der Waals surface area contributed by atoms with Gasteiger partial charge in [-0.05, 0) is 73.9 Å². The number of nitrogens with one attached hydrogen (secondary N) is 1. The number of nitrogens with zero attached hydrogens (tertiary/aromatic N) is 6. The lowest BCUT2D eigenvalue weighted by molar-refractivity contribution is 0.0700. The predicted molar refractivity (Wildman–Crippen MR) is 169 cm³/mol. The highest BCUT2D eigenvalue weighted by Crippen LogP contribution is 2.40. The molecule has 3 fully saturated rings. The van der Waals surface area contributed by atoms with Crippen LogP contribution in [-0.4, -0.2) is 66.5 Å². The molecule has 2 aliphatic carbocycles. The molecule has 6 heterocycles. The molecule has 11 heteroatoms. The van der Waals surface area contributed by atoms with Crippen molar-refractivity contribution < 1.29 is 14.3 Å². The first-order valence-corrected chi connectivity index (χ1v) is 15.8. The number of rotatable bonds is 6. The maximum absolute atomic E-state index is 13.7. The number of hydrogen-bond donors (Lipinski definition) is 2. The van der Waals surface area contributed by atoms with Gasteiger partial charge in [-0.3, -0.25) is 14.6 Å². The van der Waals surface area contributed by atoms with Crippen LogP contribution in [0.4, 0.5) is 0 Å². The van der Waals surface area contributed by atoms with Crippen LogP contribution in [0.5, 0.6) is 5.75 Å². The van der Waals surface area contributed by atoms with E-state index in [0.717, 1.165) is 64.3 Å². The minimum absolute atomic E-state index is 0.00850. The van der Waals surface area contributed by atoms with Crippen molar-refractivity contribution in [2.24, 2.45) is 24.6 Å². The number of pyridine rings is 2. The van der Waals surface area contributed by atoms with Gasteiger partial charge in [0.2, 0.25) is 0 Å². The Labute approximate surface area is 259 Å². The van der Waals surface area contributed by atoms with Gasteiger partial charge in [0.1, 0.15) is 22.6 Å². The monoisotopic (exact) mass is 602 g/mol. The highest BCUT2D eigenvalue weighted by molar-refractivity contribution is 6.01. The van der Waals surface area contributed by atoms with E-state index < -0.39 is 0 Å². The van der Waals surface area contributed by atoms with Crippen LogP contribution in [0, 0.1) is 11.8 Å². The Hall–Kier alpha value is -4.77. The van der Waals surface area contributed by atoms with E-state index in [2.05, 4.69) is 31.6 Å². The van der Waals surface area contributed by atoms with Crippen LogP contribution in [0.2, 0.25) is 0 Å². The molecule has 0 spiro atoms. The van der Waals surface area contributed by atoms with Crippen LogP contribution in [0.25, 0.3) is 44.8 Å². The summed E-state index contributed by atoms with van der Waals surface area (Å²) in [6.07, 6.45) is 6.17. The van der Waals surface area contributed by atoms with Gasteiger partial charge < -0.3 is 29.8 Å². The Morgan fingerprint density at radius 3 is 2.73 bits per heavy atom. The Balaban J connectivity index is 1.15. The first-order chi connectivity index (χ1) is 21.9. The van der Waals surface area contributed by atoms with Crippen molar-refractivity contribution in [3.63, 3.8) is 0 Å². The number of likely N-dealkylation sites (tertiary alicyclic amines) is 1. The molecule has 3 atom stereocenters. The topological polar surface area (TPSA) is 133 Å². The molecule has 4 aliphatic rings. The zero-order valence-electron chi connectivity index (χ0n) is 25.3. The number of hydrogen-bond acceptors (Lipinski definition) is 7. The predicted octanol–water partition coefficient (Wildman–Crippen LogP) is 3.88. The number of fused-ring (bicyclic) bond motifs is 5. The maximum Gasteiger partial charge on any atom is 0.270 e. The third kappa shape index (κ3) is 4.03. The molecule has 0 radical (unpaired) electrons. The average Bonchev–Trinajstić information content (AvgIpc) is 3.26. The summed E-state index contributed by atoms with van der Waals surface area (Å²) >= 11 is 0. The van der Waals surface area contributed by atoms with Gasteiger partial charge in [0.05, 0.1) is 24.0 Å². The van der Waals surface area contributed by atoms with Gasteiger partial charge >= 0.3 is 0 Å². The molecule has 9 rings (SSSR count). The van der Waals surface area contributed by atoms with E-state index >= 15 is 0 Å². The summed E-state index contributed by atoms with van der Waals surface area (Å²) < 4.78 is 10.2. The number of aromatic nitrogens is 5. The van der Waals surface area contributed by atoms with Crippen molar-refractivity contribution >= 4 is 33.9 Å². The number of nitrogens with two attached hydrogens (primary N) is 1. The molecule has 5 aromatic rings. The number of amides is 2. The fourth-order valence-corrected chi connectivity index (χ4v) is 7.73. The van der Waals surface area contributed by atoms with Crippen LogP contribution < -0.4 is 15.8 Å². The van der Waals surface area contributed by atoms with E-state index in [4.69, 9.17) is 20.4 Å². The maximum atomic E-state index is 13.7. The van der Waals surface area contributed by atoms with E-state index in [9.17, 15) is 9.59 Å². The molecule has 3 N–H and O–H groups in total. The average molecular weight is 603 g/mol. The summed E-state index contributed by atoms with van der Waals surface area (Å²) in [5.41, 5.74) is 13.5. The van der Waals surface area contributed by atoms with E-state index in [0.29, 0.717) is 47.4 Å². The summed E-state index contributed by atoms with van der Waals surface area (Å²) in [4.78, 5) is 42.4. The number of piperidine rings is 1. The smallest absolute Gasteiger partial charge is 0.270 e. The van der Waals surface area contributed by atoms with Crippen LogP contribution in [-0.2, 0) is 20.1 Å². The second kappa shape index (κ2) is 9.61. The fourth-order valence-electron chi connectivity index (χ4n) is 7.73. The molecular formula is C34H34N8O3. The number of carbonyl (C=O) groups excluding carboxylic acids is 2. The Morgan fingerprint density at radius 2 is 1.98 bits per heavy atom. The SMILES string of the molecule is COc1cc(C(=O)N2CC3CCC2[C@@H]3N)cc2nc(-c3cc4ccc(-c5cnc6c(c5)CNC6=O)nc4n3CC3CC3)n(C)c12. The van der Waals surface area contributed by atoms with E-state index in [1.165, 1.54) is 12.8 Å². The molecule has 2 amide bonds. The van der Waals surface area contributed by atoms with Gasteiger partial charge in [-0.1, -0.05) is 0 Å². The number of methoxy groups -OCH3 is 1. The highest BCUT2D eigenvalue weighted by atomic mass is 16.5. The molecule has 2 saturated carbocycles. The number of aryl methyl sites for hydroxylation is 1. The third-order valence-electron chi connectivity index (χ3n) is 10.3. The molecule has 11 nitrogen and oxygen atoms in total. The van der Waals surface area contributed by atoms with Crippen molar-refractivity contribution in [2.75, 3.05) is 13.7 Å². The van der Waals surface area contributed by atoms with Gasteiger partial charge in [-0.15, -0.1) is 0 Å². The van der Waals surface area contributed by atoms with Gasteiger partial charge in [-0.2, -0.15) is 0 Å². The quantitative estimate of drug-likeness (QED) is 0.301. The molecule has 2 aliphatic heterocycles. The van der Waals surface area contributed by atoms with E-state index in [1.807, 2.05) is 36.2 Å². The summed E-state index contributed by atoms with van der Waals surface area (Å²) in [7, 11) is 3.63. The lowest BCUT2D eigenvalue weighted by Crippen LogP contribution is -2.41. The molecule has 2 unspecified atom stereocenters. The minimum Gasteiger partial charge on any atom is -0.494 e. The summed E-state index contributed by atoms with van der Waals surface area (Å²) in [6, 6.07) is 12.2. The second-order valence-corrected chi connectivity index (χ2v) is 13.1. The first kappa shape index (κ1) is 26.6. The Morgan fingerprint density at radius 1 is 1.11 bits per heavy atom. The van der Waals surface area contributed by atoms with Crippen molar-refractivity contribution in [1.82, 2.24) is 34.3 Å². The molecule has 2 bridgehead atoms. The summed E-state index contributed by atoms with van der Waals surface area (Å²) in [6.45, 7) is 2.04. The Bertz CT molecular complexity index is 2080. The molecule has 228 valence electrons. The Kier molecular flexibility index (Phi) is 5.69. The number of ether oxygens (including phenoxy) is 1. The third-order valence-corrected chi connectivity index (χ3v) is 10.3.